The number of rotatable bonds is 5. The molecule has 1 aliphatic rings. The fraction of sp³-hybridized carbons (Fsp3) is 0.368. The van der Waals surface area contributed by atoms with Crippen LogP contribution in [0.4, 0.5) is 0 Å². The Kier molecular flexibility index (Phi) is 3.98. The zero-order chi connectivity index (χ0) is 14.8. The van der Waals surface area contributed by atoms with Crippen molar-refractivity contribution >= 4 is 0 Å². The van der Waals surface area contributed by atoms with Gasteiger partial charge in [-0.3, -0.25) is 0 Å². The number of nitrogens with one attached hydrogen (secondary N) is 1. The molecular formula is C19H23NO. The lowest BCUT2D eigenvalue weighted by molar-refractivity contribution is 0.472. The molecule has 1 aliphatic carbocycles. The Balaban J connectivity index is 1.80. The molecule has 1 fully saturated rings. The summed E-state index contributed by atoms with van der Waals surface area (Å²) in [6.07, 6.45) is 2.61. The third-order valence-electron chi connectivity index (χ3n) is 4.08. The van der Waals surface area contributed by atoms with Crippen molar-refractivity contribution in [1.82, 2.24) is 5.32 Å². The van der Waals surface area contributed by atoms with E-state index in [1.54, 1.807) is 0 Å². The maximum Gasteiger partial charge on any atom is 0.131 e. The van der Waals surface area contributed by atoms with Crippen molar-refractivity contribution in [2.75, 3.05) is 0 Å². The number of hydrogen-bond acceptors (Lipinski definition) is 2. The van der Waals surface area contributed by atoms with E-state index in [4.69, 9.17) is 4.74 Å². The second-order valence-electron chi connectivity index (χ2n) is 6.11. The number of ether oxygens (including phenoxy) is 1. The molecule has 0 spiro atoms. The Morgan fingerprint density at radius 1 is 1.00 bits per heavy atom. The lowest BCUT2D eigenvalue weighted by Gasteiger charge is -2.13. The fourth-order valence-electron chi connectivity index (χ4n) is 2.39. The standard InChI is InChI=1S/C19H23NO/c1-13-4-9-19(16(10-13)12-20-17-6-7-17)21-18-8-5-14(2)15(3)11-18/h4-5,8-11,17,20H,6-7,12H2,1-3H3. The van der Waals surface area contributed by atoms with Crippen LogP contribution >= 0.6 is 0 Å². The average Bonchev–Trinajstić information content (AvgIpc) is 3.27. The summed E-state index contributed by atoms with van der Waals surface area (Å²) in [7, 11) is 0. The minimum atomic E-state index is 0.708. The first-order chi connectivity index (χ1) is 10.1. The van der Waals surface area contributed by atoms with E-state index in [9.17, 15) is 0 Å². The quantitative estimate of drug-likeness (QED) is 0.861. The van der Waals surface area contributed by atoms with Crippen LogP contribution in [0.5, 0.6) is 11.5 Å². The van der Waals surface area contributed by atoms with E-state index < -0.39 is 0 Å². The molecule has 0 amide bonds. The second-order valence-corrected chi connectivity index (χ2v) is 6.11. The Morgan fingerprint density at radius 2 is 1.81 bits per heavy atom. The summed E-state index contributed by atoms with van der Waals surface area (Å²) in [5.41, 5.74) is 5.06. The molecule has 1 saturated carbocycles. The molecule has 0 radical (unpaired) electrons. The van der Waals surface area contributed by atoms with Crippen LogP contribution in [0, 0.1) is 20.8 Å². The first-order valence-corrected chi connectivity index (χ1v) is 7.70. The summed E-state index contributed by atoms with van der Waals surface area (Å²) in [4.78, 5) is 0. The van der Waals surface area contributed by atoms with E-state index in [1.165, 1.54) is 35.1 Å². The van der Waals surface area contributed by atoms with Gasteiger partial charge in [0.1, 0.15) is 11.5 Å². The minimum Gasteiger partial charge on any atom is -0.457 e. The molecule has 110 valence electrons. The monoisotopic (exact) mass is 281 g/mol. The zero-order valence-electron chi connectivity index (χ0n) is 13.1. The van der Waals surface area contributed by atoms with Crippen LogP contribution in [0.2, 0.25) is 0 Å². The molecule has 0 bridgehead atoms. The van der Waals surface area contributed by atoms with Crippen LogP contribution in [0.3, 0.4) is 0 Å². The van der Waals surface area contributed by atoms with Gasteiger partial charge in [0.15, 0.2) is 0 Å². The summed E-state index contributed by atoms with van der Waals surface area (Å²) in [6, 6.07) is 13.4. The zero-order valence-corrected chi connectivity index (χ0v) is 13.1. The molecule has 2 nitrogen and oxygen atoms in total. The predicted octanol–water partition coefficient (Wildman–Crippen LogP) is 4.66. The number of aryl methyl sites for hydroxylation is 3. The van der Waals surface area contributed by atoms with Crippen molar-refractivity contribution in [2.45, 2.75) is 46.2 Å². The van der Waals surface area contributed by atoms with Gasteiger partial charge in [0.2, 0.25) is 0 Å². The van der Waals surface area contributed by atoms with E-state index in [2.05, 4.69) is 56.4 Å². The van der Waals surface area contributed by atoms with E-state index in [0.717, 1.165) is 18.0 Å². The van der Waals surface area contributed by atoms with Crippen molar-refractivity contribution in [3.05, 3.63) is 58.7 Å². The van der Waals surface area contributed by atoms with Crippen molar-refractivity contribution in [2.24, 2.45) is 0 Å². The normalized spacial score (nSPS) is 14.2. The van der Waals surface area contributed by atoms with E-state index >= 15 is 0 Å². The van der Waals surface area contributed by atoms with Crippen molar-refractivity contribution in [1.29, 1.82) is 0 Å². The summed E-state index contributed by atoms with van der Waals surface area (Å²) in [5, 5.41) is 3.57. The lowest BCUT2D eigenvalue weighted by atomic mass is 10.1. The molecule has 1 N–H and O–H groups in total. The summed E-state index contributed by atoms with van der Waals surface area (Å²) < 4.78 is 6.11. The van der Waals surface area contributed by atoms with Crippen molar-refractivity contribution in [3.63, 3.8) is 0 Å². The molecular weight excluding hydrogens is 258 g/mol. The first kappa shape index (κ1) is 14.2. The van der Waals surface area contributed by atoms with Gasteiger partial charge in [0, 0.05) is 18.2 Å². The molecule has 0 atom stereocenters. The van der Waals surface area contributed by atoms with Gasteiger partial charge in [-0.15, -0.1) is 0 Å². The van der Waals surface area contributed by atoms with Gasteiger partial charge in [0.05, 0.1) is 0 Å². The predicted molar refractivity (Wildman–Crippen MR) is 87.0 cm³/mol. The van der Waals surface area contributed by atoms with Crippen LogP contribution in [-0.4, -0.2) is 6.04 Å². The summed E-state index contributed by atoms with van der Waals surface area (Å²) in [6.45, 7) is 7.25. The Labute approximate surface area is 127 Å². The Morgan fingerprint density at radius 3 is 2.52 bits per heavy atom. The highest BCUT2D eigenvalue weighted by Gasteiger charge is 2.20. The molecule has 3 rings (SSSR count). The maximum absolute atomic E-state index is 6.11. The number of hydrogen-bond donors (Lipinski definition) is 1. The van der Waals surface area contributed by atoms with E-state index in [0.29, 0.717) is 6.04 Å². The molecule has 0 heterocycles. The molecule has 0 unspecified atom stereocenters. The Bertz CT molecular complexity index is 644. The van der Waals surface area contributed by atoms with Crippen LogP contribution in [0.25, 0.3) is 0 Å². The topological polar surface area (TPSA) is 21.3 Å². The fourth-order valence-corrected chi connectivity index (χ4v) is 2.39. The van der Waals surface area contributed by atoms with Crippen molar-refractivity contribution < 1.29 is 4.74 Å². The molecule has 2 aromatic rings. The molecule has 0 saturated heterocycles. The molecule has 2 aromatic carbocycles. The highest BCUT2D eigenvalue weighted by Crippen LogP contribution is 2.28. The van der Waals surface area contributed by atoms with Gasteiger partial charge in [-0.05, 0) is 62.9 Å². The smallest absolute Gasteiger partial charge is 0.131 e. The van der Waals surface area contributed by atoms with Crippen LogP contribution in [-0.2, 0) is 6.54 Å². The van der Waals surface area contributed by atoms with Gasteiger partial charge < -0.3 is 10.1 Å². The van der Waals surface area contributed by atoms with E-state index in [1.807, 2.05) is 6.07 Å². The van der Waals surface area contributed by atoms with Crippen LogP contribution < -0.4 is 10.1 Å². The molecule has 0 aromatic heterocycles. The average molecular weight is 281 g/mol. The highest BCUT2D eigenvalue weighted by molar-refractivity contribution is 5.42. The maximum atomic E-state index is 6.11. The number of benzene rings is 2. The van der Waals surface area contributed by atoms with Gasteiger partial charge >= 0.3 is 0 Å². The Hall–Kier alpha value is -1.80. The first-order valence-electron chi connectivity index (χ1n) is 7.70. The van der Waals surface area contributed by atoms with Gasteiger partial charge in [-0.2, -0.15) is 0 Å². The molecule has 2 heteroatoms. The van der Waals surface area contributed by atoms with Gasteiger partial charge in [-0.25, -0.2) is 0 Å². The van der Waals surface area contributed by atoms with Crippen molar-refractivity contribution in [3.8, 4) is 11.5 Å². The lowest BCUT2D eigenvalue weighted by Crippen LogP contribution is -2.15. The van der Waals surface area contributed by atoms with E-state index in [-0.39, 0.29) is 0 Å². The van der Waals surface area contributed by atoms with Crippen LogP contribution in [0.15, 0.2) is 36.4 Å². The molecule has 21 heavy (non-hydrogen) atoms. The third kappa shape index (κ3) is 3.64. The summed E-state index contributed by atoms with van der Waals surface area (Å²) >= 11 is 0. The second kappa shape index (κ2) is 5.90. The SMILES string of the molecule is Cc1ccc(Oc2ccc(C)c(C)c2)c(CNC2CC2)c1. The summed E-state index contributed by atoms with van der Waals surface area (Å²) in [5.74, 6) is 1.87. The van der Waals surface area contributed by atoms with Crippen LogP contribution in [0.1, 0.15) is 35.1 Å². The molecule has 0 aliphatic heterocycles. The van der Waals surface area contributed by atoms with Gasteiger partial charge in [-0.1, -0.05) is 23.8 Å². The highest BCUT2D eigenvalue weighted by atomic mass is 16.5. The van der Waals surface area contributed by atoms with Gasteiger partial charge in [0.25, 0.3) is 0 Å². The minimum absolute atomic E-state index is 0.708. The largest absolute Gasteiger partial charge is 0.457 e. The third-order valence-corrected chi connectivity index (χ3v) is 4.08.